The van der Waals surface area contributed by atoms with E-state index in [4.69, 9.17) is 4.74 Å². The number of urea groups is 1. The van der Waals surface area contributed by atoms with Gasteiger partial charge in [-0.15, -0.1) is 0 Å². The zero-order chi connectivity index (χ0) is 30.4. The van der Waals surface area contributed by atoms with Crippen LogP contribution in [0.5, 0.6) is 5.75 Å². The largest absolute Gasteiger partial charge is 0.486 e. The number of carbonyl (C=O) groups is 3. The van der Waals surface area contributed by atoms with Gasteiger partial charge in [0, 0.05) is 31.2 Å². The Kier molecular flexibility index (Phi) is 9.76. The Balaban J connectivity index is 1.60. The van der Waals surface area contributed by atoms with Crippen LogP contribution in [0.4, 0.5) is 20.6 Å². The van der Waals surface area contributed by atoms with E-state index < -0.39 is 30.0 Å². The lowest BCUT2D eigenvalue weighted by Crippen LogP contribution is -2.49. The summed E-state index contributed by atoms with van der Waals surface area (Å²) in [5.74, 6) is -1.69. The lowest BCUT2D eigenvalue weighted by molar-refractivity contribution is 0.0343. The highest BCUT2D eigenvalue weighted by atomic mass is 19.1. The molecular formula is C31H35FN4O6. The van der Waals surface area contributed by atoms with E-state index in [0.29, 0.717) is 25.3 Å². The number of rotatable bonds is 9. The summed E-state index contributed by atoms with van der Waals surface area (Å²) in [7, 11) is 1.92. The number of halogens is 1. The van der Waals surface area contributed by atoms with Gasteiger partial charge in [0.15, 0.2) is 5.75 Å². The molecule has 3 aromatic rings. The minimum absolute atomic E-state index is 0.158. The van der Waals surface area contributed by atoms with Crippen molar-refractivity contribution in [1.29, 1.82) is 0 Å². The Hall–Kier alpha value is -4.48. The van der Waals surface area contributed by atoms with Crippen LogP contribution in [0, 0.1) is 11.7 Å². The van der Waals surface area contributed by atoms with Crippen LogP contribution in [0.25, 0.3) is 0 Å². The van der Waals surface area contributed by atoms with Crippen LogP contribution in [0.1, 0.15) is 40.1 Å². The highest BCUT2D eigenvalue weighted by molar-refractivity contribution is 6.04. The highest BCUT2D eigenvalue weighted by Gasteiger charge is 2.34. The summed E-state index contributed by atoms with van der Waals surface area (Å²) in [5.41, 5.74) is 2.05. The molecule has 3 aromatic carbocycles. The van der Waals surface area contributed by atoms with Gasteiger partial charge in [0.2, 0.25) is 0 Å². The predicted molar refractivity (Wildman–Crippen MR) is 156 cm³/mol. The fourth-order valence-electron chi connectivity index (χ4n) is 4.81. The van der Waals surface area contributed by atoms with E-state index in [1.165, 1.54) is 24.3 Å². The number of hydrogen-bond acceptors (Lipinski definition) is 6. The molecule has 0 fully saturated rings. The Bertz CT molecular complexity index is 1420. The first-order valence-electron chi connectivity index (χ1n) is 13.6. The summed E-state index contributed by atoms with van der Waals surface area (Å²) >= 11 is 0. The molecule has 1 aliphatic rings. The number of para-hydroxylation sites is 1. The number of aliphatic hydroxyl groups excluding tert-OH is 1. The van der Waals surface area contributed by atoms with Crippen LogP contribution in [-0.2, 0) is 6.54 Å². The van der Waals surface area contributed by atoms with E-state index in [0.717, 1.165) is 5.56 Å². The number of anilines is 2. The molecule has 0 aliphatic carbocycles. The van der Waals surface area contributed by atoms with Crippen molar-refractivity contribution in [2.75, 3.05) is 37.4 Å². The number of carbonyl (C=O) groups excluding carboxylic acids is 2. The molecule has 3 atom stereocenters. The summed E-state index contributed by atoms with van der Waals surface area (Å²) in [5, 5.41) is 24.5. The quantitative estimate of drug-likeness (QED) is 0.294. The molecular weight excluding hydrogens is 543 g/mol. The number of carboxylic acids is 1. The molecule has 0 radical (unpaired) electrons. The van der Waals surface area contributed by atoms with Gasteiger partial charge in [-0.1, -0.05) is 25.1 Å². The van der Waals surface area contributed by atoms with Crippen molar-refractivity contribution in [1.82, 2.24) is 9.80 Å². The van der Waals surface area contributed by atoms with Gasteiger partial charge < -0.3 is 30.5 Å². The first-order chi connectivity index (χ1) is 20.0. The van der Waals surface area contributed by atoms with E-state index >= 15 is 0 Å². The highest BCUT2D eigenvalue weighted by Crippen LogP contribution is 2.35. The molecule has 42 heavy (non-hydrogen) atoms. The van der Waals surface area contributed by atoms with Crippen molar-refractivity contribution in [3.05, 3.63) is 89.2 Å². The monoisotopic (exact) mass is 578 g/mol. The average Bonchev–Trinajstić information content (AvgIpc) is 2.96. The van der Waals surface area contributed by atoms with Crippen LogP contribution in [-0.4, -0.2) is 76.8 Å². The lowest BCUT2D eigenvalue weighted by atomic mass is 9.98. The van der Waals surface area contributed by atoms with E-state index in [-0.39, 0.29) is 41.0 Å². The lowest BCUT2D eigenvalue weighted by Gasteiger charge is -2.38. The Morgan fingerprint density at radius 2 is 1.79 bits per heavy atom. The Labute approximate surface area is 243 Å². The van der Waals surface area contributed by atoms with Crippen LogP contribution in [0.2, 0.25) is 0 Å². The third-order valence-electron chi connectivity index (χ3n) is 7.19. The Morgan fingerprint density at radius 1 is 1.10 bits per heavy atom. The average molecular weight is 579 g/mol. The molecule has 0 spiro atoms. The standard InChI is InChI=1S/C31H35FN4O6/c1-19-15-36(20(2)18-37)29(38)25-5-4-6-26(34-31(41)33-24-13-11-23(32)12-14-24)28(25)42-27(19)17-35(3)16-21-7-9-22(10-8-21)30(39)40/h4-14,19-20,27,37H,15-18H2,1-3H3,(H,39,40)(H2,33,34,41)/t19-,20-,27-/m0/s1. The third-order valence-corrected chi connectivity index (χ3v) is 7.19. The summed E-state index contributed by atoms with van der Waals surface area (Å²) < 4.78 is 19.8. The number of carboxylic acid groups (broad SMARTS) is 1. The van der Waals surface area contributed by atoms with Gasteiger partial charge in [0.25, 0.3) is 5.91 Å². The van der Waals surface area contributed by atoms with Crippen molar-refractivity contribution in [3.8, 4) is 5.75 Å². The van der Waals surface area contributed by atoms with Crippen molar-refractivity contribution in [2.24, 2.45) is 5.92 Å². The van der Waals surface area contributed by atoms with E-state index in [2.05, 4.69) is 10.6 Å². The number of benzene rings is 3. The van der Waals surface area contributed by atoms with E-state index in [1.54, 1.807) is 54.3 Å². The topological polar surface area (TPSA) is 131 Å². The second-order valence-electron chi connectivity index (χ2n) is 10.6. The number of nitrogens with zero attached hydrogens (tertiary/aromatic N) is 2. The molecule has 4 N–H and O–H groups in total. The summed E-state index contributed by atoms with van der Waals surface area (Å²) in [6.45, 7) is 4.83. The van der Waals surface area contributed by atoms with Crippen molar-refractivity contribution >= 4 is 29.3 Å². The third kappa shape index (κ3) is 7.42. The molecule has 0 bridgehead atoms. The Morgan fingerprint density at radius 3 is 2.43 bits per heavy atom. The van der Waals surface area contributed by atoms with Gasteiger partial charge in [-0.25, -0.2) is 14.0 Å². The van der Waals surface area contributed by atoms with Crippen LogP contribution in [0.15, 0.2) is 66.7 Å². The minimum atomic E-state index is -0.989. The first-order valence-corrected chi connectivity index (χ1v) is 13.6. The number of aromatic carboxylic acids is 1. The molecule has 1 heterocycles. The zero-order valence-electron chi connectivity index (χ0n) is 23.7. The fraction of sp³-hybridized carbons (Fsp3) is 0.323. The number of nitrogens with one attached hydrogen (secondary N) is 2. The molecule has 0 saturated heterocycles. The molecule has 1 aliphatic heterocycles. The van der Waals surface area contributed by atoms with Crippen LogP contribution >= 0.6 is 0 Å². The summed E-state index contributed by atoms with van der Waals surface area (Å²) in [6, 6.07) is 15.8. The molecule has 0 aromatic heterocycles. The molecule has 0 unspecified atom stereocenters. The number of likely N-dealkylation sites (N-methyl/N-ethyl adjacent to an activating group) is 1. The van der Waals surface area contributed by atoms with Crippen LogP contribution < -0.4 is 15.4 Å². The second-order valence-corrected chi connectivity index (χ2v) is 10.6. The molecule has 11 heteroatoms. The maximum atomic E-state index is 13.7. The van der Waals surface area contributed by atoms with Gasteiger partial charge in [-0.05, 0) is 68.1 Å². The van der Waals surface area contributed by atoms with Gasteiger partial charge in [-0.3, -0.25) is 9.69 Å². The van der Waals surface area contributed by atoms with Gasteiger partial charge >= 0.3 is 12.0 Å². The molecule has 10 nitrogen and oxygen atoms in total. The smallest absolute Gasteiger partial charge is 0.335 e. The number of aliphatic hydroxyl groups is 1. The zero-order valence-corrected chi connectivity index (χ0v) is 23.7. The van der Waals surface area contributed by atoms with E-state index in [9.17, 15) is 29.0 Å². The SMILES string of the molecule is C[C@H]1CN([C@@H](C)CO)C(=O)c2cccc(NC(=O)Nc3ccc(F)cc3)c2O[C@H]1CN(C)Cc1ccc(C(=O)O)cc1. The number of amides is 3. The molecule has 0 saturated carbocycles. The first kappa shape index (κ1) is 30.5. The second kappa shape index (κ2) is 13.5. The van der Waals surface area contributed by atoms with Gasteiger partial charge in [0.1, 0.15) is 11.9 Å². The number of hydrogen-bond donors (Lipinski definition) is 4. The van der Waals surface area contributed by atoms with Gasteiger partial charge in [0.05, 0.1) is 29.5 Å². The van der Waals surface area contributed by atoms with Crippen molar-refractivity contribution in [2.45, 2.75) is 32.5 Å². The maximum Gasteiger partial charge on any atom is 0.335 e. The van der Waals surface area contributed by atoms with Crippen LogP contribution in [0.3, 0.4) is 0 Å². The fourth-order valence-corrected chi connectivity index (χ4v) is 4.81. The summed E-state index contributed by atoms with van der Waals surface area (Å²) in [4.78, 5) is 41.4. The predicted octanol–water partition coefficient (Wildman–Crippen LogP) is 4.52. The normalized spacial score (nSPS) is 17.5. The number of ether oxygens (including phenoxy) is 1. The summed E-state index contributed by atoms with van der Waals surface area (Å²) in [6.07, 6.45) is -0.420. The van der Waals surface area contributed by atoms with Crippen molar-refractivity contribution < 1.29 is 33.7 Å². The molecule has 3 amide bonds. The maximum absolute atomic E-state index is 13.7. The van der Waals surface area contributed by atoms with Gasteiger partial charge in [-0.2, -0.15) is 0 Å². The number of fused-ring (bicyclic) bond motifs is 1. The van der Waals surface area contributed by atoms with Crippen molar-refractivity contribution in [3.63, 3.8) is 0 Å². The molecule has 4 rings (SSSR count). The minimum Gasteiger partial charge on any atom is -0.486 e. The van der Waals surface area contributed by atoms with E-state index in [1.807, 2.05) is 18.9 Å². The molecule has 222 valence electrons.